The molecular weight excluding hydrogens is 705 g/mol. The molecule has 0 unspecified atom stereocenters. The molecule has 4 atom stereocenters. The maximum atomic E-state index is 12.4. The molecule has 3 aromatic rings. The summed E-state index contributed by atoms with van der Waals surface area (Å²) in [6.07, 6.45) is 1.52. The molecule has 1 aliphatic heterocycles. The number of carbonyl (C=O) groups is 1. The smallest absolute Gasteiger partial charge is 0.312 e. The van der Waals surface area contributed by atoms with E-state index in [0.29, 0.717) is 30.1 Å². The molecule has 0 radical (unpaired) electrons. The summed E-state index contributed by atoms with van der Waals surface area (Å²) >= 11 is 2.31. The van der Waals surface area contributed by atoms with Crippen molar-refractivity contribution in [1.29, 1.82) is 0 Å². The van der Waals surface area contributed by atoms with Crippen LogP contribution in [-0.2, 0) is 20.1 Å². The third kappa shape index (κ3) is 7.63. The van der Waals surface area contributed by atoms with Crippen molar-refractivity contribution < 1.29 is 18.4 Å². The molecule has 0 bridgehead atoms. The predicted molar refractivity (Wildman–Crippen MR) is 187 cm³/mol. The minimum Gasteiger partial charge on any atom is -0.414 e. The highest BCUT2D eigenvalue weighted by molar-refractivity contribution is 14.1. The zero-order valence-electron chi connectivity index (χ0n) is 27.6. The molecule has 1 fully saturated rings. The van der Waals surface area contributed by atoms with Crippen LogP contribution in [0.3, 0.4) is 0 Å². The molecule has 1 aromatic carbocycles. The average molecular weight is 754 g/mol. The summed E-state index contributed by atoms with van der Waals surface area (Å²) in [5, 5.41) is 6.29. The molecule has 14 heteroatoms. The Bertz CT molecular complexity index is 1470. The van der Waals surface area contributed by atoms with Crippen LogP contribution in [-0.4, -0.2) is 67.0 Å². The van der Waals surface area contributed by atoms with E-state index >= 15 is 0 Å². The van der Waals surface area contributed by atoms with Crippen LogP contribution in [0.1, 0.15) is 53.3 Å². The minimum absolute atomic E-state index is 0.00750. The summed E-state index contributed by atoms with van der Waals surface area (Å²) in [4.78, 5) is 26.2. The maximum Gasteiger partial charge on any atom is 0.312 e. The average Bonchev–Trinajstić information content (AvgIpc) is 3.46. The Morgan fingerprint density at radius 2 is 1.75 bits per heavy atom. The first-order valence-corrected chi connectivity index (χ1v) is 21.9. The molecule has 0 saturated carbocycles. The van der Waals surface area contributed by atoms with E-state index in [-0.39, 0.29) is 10.1 Å². The van der Waals surface area contributed by atoms with Crippen LogP contribution >= 0.6 is 22.6 Å². The summed E-state index contributed by atoms with van der Waals surface area (Å²) < 4.78 is 23.4. The van der Waals surface area contributed by atoms with Crippen LogP contribution in [0.25, 0.3) is 11.2 Å². The summed E-state index contributed by atoms with van der Waals surface area (Å²) in [5.74, 6) is 0.622. The van der Waals surface area contributed by atoms with Gasteiger partial charge in [0.25, 0.3) is 0 Å². The third-order valence-corrected chi connectivity index (χ3v) is 18.9. The van der Waals surface area contributed by atoms with Crippen molar-refractivity contribution in [2.45, 2.75) is 109 Å². The lowest BCUT2D eigenvalue weighted by atomic mass is 10.1. The van der Waals surface area contributed by atoms with Crippen LogP contribution in [0.2, 0.25) is 36.3 Å². The number of nitrogens with two attached hydrogens (primary N) is 1. The number of benzene rings is 1. The van der Waals surface area contributed by atoms with E-state index in [4.69, 9.17) is 24.3 Å². The third-order valence-electron chi connectivity index (χ3n) is 9.29. The van der Waals surface area contributed by atoms with Gasteiger partial charge >= 0.3 is 6.03 Å². The van der Waals surface area contributed by atoms with Gasteiger partial charge in [-0.3, -0.25) is 4.57 Å². The number of nitrogens with zero attached hydrogens (tertiary/aromatic N) is 4. The molecule has 4 N–H and O–H groups in total. The van der Waals surface area contributed by atoms with Crippen molar-refractivity contribution in [2.75, 3.05) is 11.9 Å². The lowest BCUT2D eigenvalue weighted by Gasteiger charge is -2.41. The van der Waals surface area contributed by atoms with Gasteiger partial charge in [-0.2, -0.15) is 0 Å². The van der Waals surface area contributed by atoms with Gasteiger partial charge in [0, 0.05) is 10.1 Å². The van der Waals surface area contributed by atoms with Crippen LogP contribution in [0.4, 0.5) is 10.6 Å². The topological polar surface area (TPSA) is 138 Å². The Morgan fingerprint density at radius 3 is 2.36 bits per heavy atom. The number of fused-ring (bicyclic) bond motifs is 1. The van der Waals surface area contributed by atoms with E-state index in [0.717, 1.165) is 9.13 Å². The van der Waals surface area contributed by atoms with Gasteiger partial charge in [0.1, 0.15) is 18.5 Å². The highest BCUT2D eigenvalue weighted by Crippen LogP contribution is 2.43. The first-order chi connectivity index (χ1) is 20.3. The van der Waals surface area contributed by atoms with E-state index in [1.165, 1.54) is 6.33 Å². The van der Waals surface area contributed by atoms with Gasteiger partial charge in [-0.15, -0.1) is 0 Å². The Kier molecular flexibility index (Phi) is 10.2. The van der Waals surface area contributed by atoms with Gasteiger partial charge in [-0.25, -0.2) is 19.7 Å². The first kappa shape index (κ1) is 34.8. The fraction of sp³-hybridized carbons (Fsp3) is 0.600. The second kappa shape index (κ2) is 12.9. The molecule has 0 spiro atoms. The van der Waals surface area contributed by atoms with Crippen LogP contribution in [0.5, 0.6) is 0 Å². The largest absolute Gasteiger partial charge is 0.414 e. The molecule has 4 rings (SSSR count). The van der Waals surface area contributed by atoms with Crippen LogP contribution in [0.15, 0.2) is 36.9 Å². The molecule has 3 heterocycles. The number of aromatic nitrogens is 4. The monoisotopic (exact) mass is 753 g/mol. The second-order valence-corrected chi connectivity index (χ2v) is 25.4. The van der Waals surface area contributed by atoms with Crippen molar-refractivity contribution in [2.24, 2.45) is 5.73 Å². The molecule has 1 aliphatic rings. The van der Waals surface area contributed by atoms with Crippen molar-refractivity contribution >= 4 is 62.2 Å². The van der Waals surface area contributed by atoms with Crippen molar-refractivity contribution in [3.8, 4) is 0 Å². The Balaban J connectivity index is 1.72. The minimum atomic E-state index is -2.35. The van der Waals surface area contributed by atoms with E-state index in [1.807, 2.05) is 10.6 Å². The molecule has 44 heavy (non-hydrogen) atoms. The molecule has 11 nitrogen and oxygen atoms in total. The Labute approximate surface area is 276 Å². The first-order valence-electron chi connectivity index (χ1n) is 15.0. The van der Waals surface area contributed by atoms with Crippen molar-refractivity contribution in [3.05, 3.63) is 46.1 Å². The Hall–Kier alpha value is -2.12. The zero-order valence-corrected chi connectivity index (χ0v) is 31.7. The Morgan fingerprint density at radius 1 is 1.07 bits per heavy atom. The molecule has 2 aromatic heterocycles. The normalized spacial score (nSPS) is 21.5. The van der Waals surface area contributed by atoms with Crippen LogP contribution in [0, 0.1) is 3.57 Å². The zero-order chi connectivity index (χ0) is 32.7. The molecule has 1 saturated heterocycles. The summed E-state index contributed by atoms with van der Waals surface area (Å²) in [7, 11) is -4.48. The number of ether oxygens (including phenoxy) is 1. The highest BCUT2D eigenvalue weighted by atomic mass is 127. The number of rotatable bonds is 10. The predicted octanol–water partition coefficient (Wildman–Crippen LogP) is 6.39. The number of halogens is 1. The molecule has 0 aliphatic carbocycles. The fourth-order valence-corrected chi connectivity index (χ4v) is 7.51. The van der Waals surface area contributed by atoms with Crippen LogP contribution < -0.4 is 16.4 Å². The van der Waals surface area contributed by atoms with Gasteiger partial charge in [0.2, 0.25) is 0 Å². The second-order valence-electron chi connectivity index (χ2n) is 14.5. The van der Waals surface area contributed by atoms with Gasteiger partial charge in [0.15, 0.2) is 39.8 Å². The number of hydrogen-bond acceptors (Lipinski definition) is 8. The molecule has 2 amide bonds. The van der Waals surface area contributed by atoms with E-state index in [2.05, 4.69) is 129 Å². The van der Waals surface area contributed by atoms with E-state index < -0.39 is 47.1 Å². The summed E-state index contributed by atoms with van der Waals surface area (Å²) in [6, 6.07) is 7.10. The summed E-state index contributed by atoms with van der Waals surface area (Å²) in [6.45, 7) is 22.8. The lowest BCUT2D eigenvalue weighted by molar-refractivity contribution is -0.0446. The summed E-state index contributed by atoms with van der Waals surface area (Å²) in [5.41, 5.74) is 8.08. The molecule has 242 valence electrons. The fourth-order valence-electron chi connectivity index (χ4n) is 4.59. The number of imidazole rings is 1. The van der Waals surface area contributed by atoms with Gasteiger partial charge in [-0.1, -0.05) is 53.7 Å². The van der Waals surface area contributed by atoms with E-state index in [9.17, 15) is 4.79 Å². The number of primary amides is 1. The maximum absolute atomic E-state index is 12.4. The lowest BCUT2D eigenvalue weighted by Crippen LogP contribution is -2.56. The van der Waals surface area contributed by atoms with Gasteiger partial charge in [0.05, 0.1) is 19.0 Å². The number of carbonyl (C=O) groups excluding carboxylic acids is 1. The number of hydrogen-bond donors (Lipinski definition) is 3. The molecular formula is C30H48IN7O4Si2. The standard InChI is InChI=1S/C30H48IN7O4Si2/c1-29(2,3)43(7,8)40-16-21-22(37-28(32)39)24(42-44(9,10)30(4,5)6)27(41-21)38-18-36-23-25(34-17-35-26(23)38)33-15-19-12-11-13-20(31)14-19/h11-14,17-18,21-22,24,27H,15-16H2,1-10H3,(H3,32,37,39)(H,33,34,35)/t21-,22-,24-,27-/m1/s1. The van der Waals surface area contributed by atoms with E-state index in [1.54, 1.807) is 6.33 Å². The van der Waals surface area contributed by atoms with Gasteiger partial charge in [-0.05, 0) is 76.6 Å². The number of anilines is 1. The SMILES string of the molecule is CC(C)(C)[Si](C)(C)OC[C@H]1O[C@@H](n2cnc3c(NCc4cccc(I)c4)ncnc32)[C@H](O[Si](C)(C)C(C)(C)C)[C@@H]1NC(N)=O. The van der Waals surface area contributed by atoms with Gasteiger partial charge < -0.3 is 30.0 Å². The number of amides is 2. The quantitative estimate of drug-likeness (QED) is 0.160. The highest BCUT2D eigenvalue weighted by Gasteiger charge is 2.52. The van der Waals surface area contributed by atoms with Crippen molar-refractivity contribution in [3.63, 3.8) is 0 Å². The number of urea groups is 1. The number of nitrogens with one attached hydrogen (secondary N) is 2. The van der Waals surface area contributed by atoms with Crippen molar-refractivity contribution in [1.82, 2.24) is 24.8 Å².